The molecule has 100 valence electrons. The van der Waals surface area contributed by atoms with Crippen LogP contribution >= 0.6 is 0 Å². The molecular formula is C12H15F3N2O. The molecule has 2 rings (SSSR count). The van der Waals surface area contributed by atoms with E-state index in [1.807, 2.05) is 13.8 Å². The molecular weight excluding hydrogens is 245 g/mol. The Labute approximate surface area is 103 Å². The first-order chi connectivity index (χ1) is 8.43. The lowest BCUT2D eigenvalue weighted by Crippen LogP contribution is -2.29. The van der Waals surface area contributed by atoms with Crippen LogP contribution in [0.4, 0.5) is 13.2 Å². The van der Waals surface area contributed by atoms with Crippen LogP contribution in [0.2, 0.25) is 0 Å². The molecule has 0 radical (unpaired) electrons. The molecule has 1 N–H and O–H groups in total. The van der Waals surface area contributed by atoms with E-state index in [4.69, 9.17) is 4.74 Å². The van der Waals surface area contributed by atoms with E-state index >= 15 is 0 Å². The van der Waals surface area contributed by atoms with Gasteiger partial charge in [-0.1, -0.05) is 6.92 Å². The highest BCUT2D eigenvalue weighted by Gasteiger charge is 2.37. The van der Waals surface area contributed by atoms with E-state index in [0.717, 1.165) is 19.0 Å². The van der Waals surface area contributed by atoms with Gasteiger partial charge in [-0.05, 0) is 32.0 Å². The van der Waals surface area contributed by atoms with Crippen molar-refractivity contribution in [3.63, 3.8) is 0 Å². The largest absolute Gasteiger partial charge is 0.472 e. The fourth-order valence-electron chi connectivity index (χ4n) is 2.01. The molecule has 0 bridgehead atoms. The van der Waals surface area contributed by atoms with Crippen molar-refractivity contribution in [2.75, 3.05) is 6.54 Å². The zero-order chi connectivity index (χ0) is 13.3. The first-order valence-electron chi connectivity index (χ1n) is 5.91. The Balaban J connectivity index is 2.26. The van der Waals surface area contributed by atoms with Gasteiger partial charge in [-0.25, -0.2) is 4.98 Å². The van der Waals surface area contributed by atoms with E-state index in [1.165, 1.54) is 6.07 Å². The van der Waals surface area contributed by atoms with Crippen molar-refractivity contribution in [2.45, 2.75) is 38.6 Å². The molecule has 3 nitrogen and oxygen atoms in total. The first-order valence-corrected chi connectivity index (χ1v) is 5.91. The maximum Gasteiger partial charge on any atom is 0.433 e. The van der Waals surface area contributed by atoms with Crippen LogP contribution < -0.4 is 10.1 Å². The summed E-state index contributed by atoms with van der Waals surface area (Å²) in [5.41, 5.74) is -0.214. The van der Waals surface area contributed by atoms with Gasteiger partial charge < -0.3 is 10.1 Å². The van der Waals surface area contributed by atoms with Crippen LogP contribution in [0.15, 0.2) is 12.1 Å². The van der Waals surface area contributed by atoms with Crippen LogP contribution in [0.25, 0.3) is 0 Å². The van der Waals surface area contributed by atoms with Gasteiger partial charge in [-0.15, -0.1) is 0 Å². The molecule has 1 aromatic heterocycles. The topological polar surface area (TPSA) is 34.2 Å². The maximum atomic E-state index is 12.5. The van der Waals surface area contributed by atoms with Gasteiger partial charge in [0.25, 0.3) is 0 Å². The Morgan fingerprint density at radius 3 is 2.72 bits per heavy atom. The number of hydrogen-bond acceptors (Lipinski definition) is 3. The van der Waals surface area contributed by atoms with Gasteiger partial charge in [0.15, 0.2) is 0 Å². The minimum Gasteiger partial charge on any atom is -0.472 e. The van der Waals surface area contributed by atoms with Gasteiger partial charge in [0, 0.05) is 5.56 Å². The molecule has 2 unspecified atom stereocenters. The van der Waals surface area contributed by atoms with E-state index < -0.39 is 11.9 Å². The van der Waals surface area contributed by atoms with Crippen molar-refractivity contribution < 1.29 is 17.9 Å². The fourth-order valence-corrected chi connectivity index (χ4v) is 2.01. The Kier molecular flexibility index (Phi) is 3.47. The summed E-state index contributed by atoms with van der Waals surface area (Å²) >= 11 is 0. The SMILES string of the molecule is CCCNC1c2ccc(C(F)(F)F)nc2OC1C. The number of rotatable bonds is 3. The molecule has 0 saturated carbocycles. The zero-order valence-electron chi connectivity index (χ0n) is 10.2. The van der Waals surface area contributed by atoms with Crippen molar-refractivity contribution in [2.24, 2.45) is 0 Å². The van der Waals surface area contributed by atoms with Gasteiger partial charge in [0.1, 0.15) is 11.8 Å². The Morgan fingerprint density at radius 2 is 2.11 bits per heavy atom. The second-order valence-corrected chi connectivity index (χ2v) is 4.34. The summed E-state index contributed by atoms with van der Waals surface area (Å²) in [5, 5.41) is 3.25. The third kappa shape index (κ3) is 2.43. The summed E-state index contributed by atoms with van der Waals surface area (Å²) in [6.45, 7) is 4.64. The van der Waals surface area contributed by atoms with Crippen molar-refractivity contribution >= 4 is 0 Å². The zero-order valence-corrected chi connectivity index (χ0v) is 10.2. The summed E-state index contributed by atoms with van der Waals surface area (Å²) in [5.74, 6) is 0.0888. The van der Waals surface area contributed by atoms with Gasteiger partial charge in [-0.2, -0.15) is 13.2 Å². The Hall–Kier alpha value is -1.30. The van der Waals surface area contributed by atoms with E-state index in [-0.39, 0.29) is 18.0 Å². The van der Waals surface area contributed by atoms with Gasteiger partial charge in [0.2, 0.25) is 5.88 Å². The number of halogens is 3. The average molecular weight is 260 g/mol. The summed E-state index contributed by atoms with van der Waals surface area (Å²) in [4.78, 5) is 3.55. The second kappa shape index (κ2) is 4.76. The van der Waals surface area contributed by atoms with E-state index in [0.29, 0.717) is 5.56 Å². The maximum absolute atomic E-state index is 12.5. The predicted molar refractivity (Wildman–Crippen MR) is 60.4 cm³/mol. The summed E-state index contributed by atoms with van der Waals surface area (Å²) < 4.78 is 42.9. The molecule has 0 aromatic carbocycles. The first kappa shape index (κ1) is 13.1. The molecule has 2 atom stereocenters. The molecule has 0 amide bonds. The van der Waals surface area contributed by atoms with Crippen molar-refractivity contribution in [1.82, 2.24) is 10.3 Å². The van der Waals surface area contributed by atoms with Crippen molar-refractivity contribution in [3.8, 4) is 5.88 Å². The summed E-state index contributed by atoms with van der Waals surface area (Å²) in [7, 11) is 0. The van der Waals surface area contributed by atoms with Crippen molar-refractivity contribution in [1.29, 1.82) is 0 Å². The van der Waals surface area contributed by atoms with E-state index in [2.05, 4.69) is 10.3 Å². The minimum atomic E-state index is -4.43. The summed E-state index contributed by atoms with van der Waals surface area (Å²) in [6.07, 6.45) is -3.69. The number of fused-ring (bicyclic) bond motifs is 1. The highest BCUT2D eigenvalue weighted by atomic mass is 19.4. The number of hydrogen-bond donors (Lipinski definition) is 1. The molecule has 1 aliphatic heterocycles. The molecule has 0 spiro atoms. The highest BCUT2D eigenvalue weighted by molar-refractivity contribution is 5.36. The van der Waals surface area contributed by atoms with Crippen LogP contribution in [-0.4, -0.2) is 17.6 Å². The van der Waals surface area contributed by atoms with Gasteiger partial charge >= 0.3 is 6.18 Å². The van der Waals surface area contributed by atoms with Crippen LogP contribution in [0.1, 0.15) is 37.6 Å². The number of aromatic nitrogens is 1. The molecule has 1 aromatic rings. The smallest absolute Gasteiger partial charge is 0.433 e. The third-order valence-electron chi connectivity index (χ3n) is 2.90. The lowest BCUT2D eigenvalue weighted by Gasteiger charge is -2.15. The Morgan fingerprint density at radius 1 is 1.39 bits per heavy atom. The molecule has 0 aliphatic carbocycles. The minimum absolute atomic E-state index is 0.0882. The summed E-state index contributed by atoms with van der Waals surface area (Å²) in [6, 6.07) is 2.36. The van der Waals surface area contributed by atoms with Crippen LogP contribution in [-0.2, 0) is 6.18 Å². The lowest BCUT2D eigenvalue weighted by molar-refractivity contribution is -0.141. The number of alkyl halides is 3. The molecule has 2 heterocycles. The van der Waals surface area contributed by atoms with Gasteiger partial charge in [0.05, 0.1) is 6.04 Å². The van der Waals surface area contributed by atoms with Crippen molar-refractivity contribution in [3.05, 3.63) is 23.4 Å². The normalized spacial score (nSPS) is 22.7. The molecule has 0 fully saturated rings. The second-order valence-electron chi connectivity index (χ2n) is 4.34. The van der Waals surface area contributed by atoms with Gasteiger partial charge in [-0.3, -0.25) is 0 Å². The van der Waals surface area contributed by atoms with Crippen LogP contribution in [0.3, 0.4) is 0 Å². The lowest BCUT2D eigenvalue weighted by atomic mass is 10.1. The van der Waals surface area contributed by atoms with Crippen LogP contribution in [0.5, 0.6) is 5.88 Å². The standard InChI is InChI=1S/C12H15F3N2O/c1-3-6-16-10-7(2)18-11-8(10)4-5-9(17-11)12(13,14)15/h4-5,7,10,16H,3,6H2,1-2H3. The molecule has 1 aliphatic rings. The Bertz CT molecular complexity index is 434. The quantitative estimate of drug-likeness (QED) is 0.907. The number of nitrogens with zero attached hydrogens (tertiary/aromatic N) is 1. The molecule has 18 heavy (non-hydrogen) atoms. The highest BCUT2D eigenvalue weighted by Crippen LogP contribution is 2.38. The fraction of sp³-hybridized carbons (Fsp3) is 0.583. The predicted octanol–water partition coefficient (Wildman–Crippen LogP) is 2.92. The third-order valence-corrected chi connectivity index (χ3v) is 2.90. The number of ether oxygens (including phenoxy) is 1. The van der Waals surface area contributed by atoms with Crippen LogP contribution in [0, 0.1) is 0 Å². The molecule has 6 heteroatoms. The average Bonchev–Trinajstić information content (AvgIpc) is 2.60. The number of pyridine rings is 1. The van der Waals surface area contributed by atoms with E-state index in [1.54, 1.807) is 0 Å². The molecule has 0 saturated heterocycles. The monoisotopic (exact) mass is 260 g/mol. The van der Waals surface area contributed by atoms with E-state index in [9.17, 15) is 13.2 Å². The number of nitrogens with one attached hydrogen (secondary N) is 1.